The van der Waals surface area contributed by atoms with Gasteiger partial charge < -0.3 is 4.90 Å². The Morgan fingerprint density at radius 1 is 0.828 bits per heavy atom. The van der Waals surface area contributed by atoms with E-state index >= 15 is 0 Å². The second-order valence-electron chi connectivity index (χ2n) is 8.67. The van der Waals surface area contributed by atoms with Crippen LogP contribution in [0.4, 0.5) is 5.69 Å². The van der Waals surface area contributed by atoms with Crippen LogP contribution in [0.5, 0.6) is 0 Å². The van der Waals surface area contributed by atoms with Crippen LogP contribution in [0.15, 0.2) is 54.2 Å². The van der Waals surface area contributed by atoms with Crippen molar-refractivity contribution in [3.05, 3.63) is 70.9 Å². The van der Waals surface area contributed by atoms with Crippen molar-refractivity contribution in [2.45, 2.75) is 34.1 Å². The van der Waals surface area contributed by atoms with E-state index in [-0.39, 0.29) is 11.8 Å². The van der Waals surface area contributed by atoms with Gasteiger partial charge >= 0.3 is 0 Å². The minimum absolute atomic E-state index is 0.207. The third-order valence-electron chi connectivity index (χ3n) is 5.94. The molecule has 2 heterocycles. The molecule has 1 saturated heterocycles. The quantitative estimate of drug-likeness (QED) is 0.724. The van der Waals surface area contributed by atoms with Gasteiger partial charge in [0, 0.05) is 13.1 Å². The lowest BCUT2D eigenvalue weighted by Crippen LogP contribution is -2.42. The van der Waals surface area contributed by atoms with Gasteiger partial charge in [0.25, 0.3) is 11.8 Å². The van der Waals surface area contributed by atoms with E-state index < -0.39 is 0 Å². The van der Waals surface area contributed by atoms with E-state index in [2.05, 4.69) is 18.7 Å². The van der Waals surface area contributed by atoms with Crippen LogP contribution in [-0.4, -0.2) is 29.8 Å². The molecule has 0 spiro atoms. The molecule has 2 aromatic carbocycles. The van der Waals surface area contributed by atoms with E-state index in [1.165, 1.54) is 4.90 Å². The number of hydrogen-bond donors (Lipinski definition) is 0. The Bertz CT molecular complexity index is 980. The maximum atomic E-state index is 13.6. The SMILES string of the molecule is Cc1ccc(C2=C(N3CC(C)CC(C)C3)C(=O)N(c3ccccc3C)C2=O)cc1. The van der Waals surface area contributed by atoms with Crippen LogP contribution in [0.1, 0.15) is 37.0 Å². The first kappa shape index (κ1) is 19.4. The summed E-state index contributed by atoms with van der Waals surface area (Å²) in [6.45, 7) is 9.99. The number of imide groups is 1. The average molecular weight is 389 g/mol. The number of para-hydroxylation sites is 1. The number of hydrogen-bond acceptors (Lipinski definition) is 3. The number of rotatable bonds is 3. The standard InChI is InChI=1S/C25H28N2O2/c1-16-9-11-20(12-10-16)22-23(26-14-17(2)13-18(3)15-26)25(29)27(24(22)28)21-8-6-5-7-19(21)4/h5-12,17-18H,13-15H2,1-4H3. The van der Waals surface area contributed by atoms with Crippen LogP contribution >= 0.6 is 0 Å². The molecule has 0 bridgehead atoms. The van der Waals surface area contributed by atoms with Crippen LogP contribution in [-0.2, 0) is 9.59 Å². The molecule has 2 aromatic rings. The lowest BCUT2D eigenvalue weighted by atomic mass is 9.91. The molecule has 2 unspecified atom stereocenters. The number of aryl methyl sites for hydroxylation is 2. The summed E-state index contributed by atoms with van der Waals surface area (Å²) in [6, 6.07) is 15.5. The number of carbonyl (C=O) groups is 2. The topological polar surface area (TPSA) is 40.6 Å². The fourth-order valence-corrected chi connectivity index (χ4v) is 4.67. The van der Waals surface area contributed by atoms with Crippen molar-refractivity contribution in [3.8, 4) is 0 Å². The van der Waals surface area contributed by atoms with Gasteiger partial charge in [0.1, 0.15) is 5.70 Å². The maximum Gasteiger partial charge on any atom is 0.282 e. The summed E-state index contributed by atoms with van der Waals surface area (Å²) in [5.41, 5.74) is 4.61. The molecule has 0 aliphatic carbocycles. The molecule has 2 aliphatic heterocycles. The highest BCUT2D eigenvalue weighted by Gasteiger charge is 2.44. The highest BCUT2D eigenvalue weighted by molar-refractivity contribution is 6.45. The van der Waals surface area contributed by atoms with Crippen molar-refractivity contribution in [2.24, 2.45) is 11.8 Å². The lowest BCUT2D eigenvalue weighted by Gasteiger charge is -2.37. The van der Waals surface area contributed by atoms with Crippen molar-refractivity contribution in [1.29, 1.82) is 0 Å². The van der Waals surface area contributed by atoms with Gasteiger partial charge in [0.2, 0.25) is 0 Å². The molecule has 1 fully saturated rings. The molecule has 0 saturated carbocycles. The Balaban J connectivity index is 1.85. The van der Waals surface area contributed by atoms with Crippen LogP contribution in [0.25, 0.3) is 5.57 Å². The zero-order chi connectivity index (χ0) is 20.7. The molecule has 4 nitrogen and oxygen atoms in total. The van der Waals surface area contributed by atoms with Crippen molar-refractivity contribution < 1.29 is 9.59 Å². The number of nitrogens with zero attached hydrogens (tertiary/aromatic N) is 2. The van der Waals surface area contributed by atoms with Gasteiger partial charge in [0.05, 0.1) is 11.3 Å². The summed E-state index contributed by atoms with van der Waals surface area (Å²) in [5.74, 6) is 0.539. The van der Waals surface area contributed by atoms with Crippen LogP contribution in [0, 0.1) is 25.7 Å². The normalized spacial score (nSPS) is 22.6. The Hall–Kier alpha value is -2.88. The summed E-state index contributed by atoms with van der Waals surface area (Å²) in [4.78, 5) is 30.7. The first-order chi connectivity index (χ1) is 13.9. The third kappa shape index (κ3) is 3.48. The van der Waals surface area contributed by atoms with Gasteiger partial charge in [-0.15, -0.1) is 0 Å². The van der Waals surface area contributed by atoms with Gasteiger partial charge in [-0.25, -0.2) is 4.90 Å². The molecule has 2 aliphatic rings. The summed E-state index contributed by atoms with van der Waals surface area (Å²) >= 11 is 0. The molecule has 4 rings (SSSR count). The first-order valence-corrected chi connectivity index (χ1v) is 10.4. The van der Waals surface area contributed by atoms with Crippen LogP contribution in [0.2, 0.25) is 0 Å². The molecule has 4 heteroatoms. The second kappa shape index (κ2) is 7.51. The minimum atomic E-state index is -0.228. The molecule has 0 radical (unpaired) electrons. The molecule has 29 heavy (non-hydrogen) atoms. The van der Waals surface area contributed by atoms with Crippen molar-refractivity contribution in [1.82, 2.24) is 4.90 Å². The Morgan fingerprint density at radius 3 is 2.07 bits per heavy atom. The van der Waals surface area contributed by atoms with E-state index in [1.807, 2.05) is 62.4 Å². The maximum absolute atomic E-state index is 13.6. The molecule has 150 valence electrons. The third-order valence-corrected chi connectivity index (χ3v) is 5.94. The summed E-state index contributed by atoms with van der Waals surface area (Å²) in [7, 11) is 0. The van der Waals surface area contributed by atoms with Gasteiger partial charge in [-0.1, -0.05) is 61.9 Å². The minimum Gasteiger partial charge on any atom is -0.366 e. The van der Waals surface area contributed by atoms with Gasteiger partial charge in [-0.05, 0) is 49.3 Å². The van der Waals surface area contributed by atoms with Gasteiger partial charge in [-0.2, -0.15) is 0 Å². The van der Waals surface area contributed by atoms with E-state index in [4.69, 9.17) is 0 Å². The highest BCUT2D eigenvalue weighted by Crippen LogP contribution is 2.38. The van der Waals surface area contributed by atoms with Crippen molar-refractivity contribution >= 4 is 23.1 Å². The summed E-state index contributed by atoms with van der Waals surface area (Å²) in [5, 5.41) is 0. The monoisotopic (exact) mass is 388 g/mol. The zero-order valence-electron chi connectivity index (χ0n) is 17.6. The molecular weight excluding hydrogens is 360 g/mol. The lowest BCUT2D eigenvalue weighted by molar-refractivity contribution is -0.120. The Labute approximate surface area is 172 Å². The van der Waals surface area contributed by atoms with Gasteiger partial charge in [0.15, 0.2) is 0 Å². The van der Waals surface area contributed by atoms with Crippen molar-refractivity contribution in [3.63, 3.8) is 0 Å². The van der Waals surface area contributed by atoms with E-state index in [9.17, 15) is 9.59 Å². The predicted octanol–water partition coefficient (Wildman–Crippen LogP) is 4.57. The zero-order valence-corrected chi connectivity index (χ0v) is 17.6. The predicted molar refractivity (Wildman–Crippen MR) is 116 cm³/mol. The first-order valence-electron chi connectivity index (χ1n) is 10.4. The summed E-state index contributed by atoms with van der Waals surface area (Å²) in [6.07, 6.45) is 1.15. The second-order valence-corrected chi connectivity index (χ2v) is 8.67. The van der Waals surface area contributed by atoms with Crippen molar-refractivity contribution in [2.75, 3.05) is 18.0 Å². The number of carbonyl (C=O) groups excluding carboxylic acids is 2. The highest BCUT2D eigenvalue weighted by atomic mass is 16.2. The number of benzene rings is 2. The molecule has 2 atom stereocenters. The fraction of sp³-hybridized carbons (Fsp3) is 0.360. The number of amides is 2. The molecule has 0 aromatic heterocycles. The van der Waals surface area contributed by atoms with E-state index in [1.54, 1.807) is 0 Å². The molecule has 0 N–H and O–H groups in total. The number of anilines is 1. The van der Waals surface area contributed by atoms with E-state index in [0.717, 1.165) is 36.2 Å². The number of piperidine rings is 1. The van der Waals surface area contributed by atoms with E-state index in [0.29, 0.717) is 28.8 Å². The Morgan fingerprint density at radius 2 is 1.45 bits per heavy atom. The van der Waals surface area contributed by atoms with Crippen LogP contribution < -0.4 is 4.90 Å². The number of likely N-dealkylation sites (tertiary alicyclic amines) is 1. The fourth-order valence-electron chi connectivity index (χ4n) is 4.67. The smallest absolute Gasteiger partial charge is 0.282 e. The largest absolute Gasteiger partial charge is 0.366 e. The summed E-state index contributed by atoms with van der Waals surface area (Å²) < 4.78 is 0. The van der Waals surface area contributed by atoms with Gasteiger partial charge in [-0.3, -0.25) is 9.59 Å². The van der Waals surface area contributed by atoms with Crippen LogP contribution in [0.3, 0.4) is 0 Å². The molecule has 2 amide bonds. The Kier molecular flexibility index (Phi) is 5.03. The molecular formula is C25H28N2O2. The average Bonchev–Trinajstić information content (AvgIpc) is 2.93.